The van der Waals surface area contributed by atoms with Crippen molar-refractivity contribution < 1.29 is 8.78 Å². The number of hydrogen-bond acceptors (Lipinski definition) is 1. The van der Waals surface area contributed by atoms with Crippen molar-refractivity contribution in [3.63, 3.8) is 0 Å². The highest BCUT2D eigenvalue weighted by atomic mass is 35.5. The summed E-state index contributed by atoms with van der Waals surface area (Å²) in [5, 5.41) is 3.26. The van der Waals surface area contributed by atoms with Gasteiger partial charge in [0.15, 0.2) is 0 Å². The van der Waals surface area contributed by atoms with Gasteiger partial charge in [-0.2, -0.15) is 0 Å². The highest BCUT2D eigenvalue weighted by Gasteiger charge is 2.02. The Morgan fingerprint density at radius 2 is 1.89 bits per heavy atom. The van der Waals surface area contributed by atoms with E-state index in [4.69, 9.17) is 11.6 Å². The third-order valence-electron chi connectivity index (χ3n) is 2.66. The van der Waals surface area contributed by atoms with Crippen LogP contribution in [-0.4, -0.2) is 0 Å². The first-order valence-corrected chi connectivity index (χ1v) is 5.88. The molecule has 0 saturated carbocycles. The van der Waals surface area contributed by atoms with Gasteiger partial charge >= 0.3 is 0 Å². The average Bonchev–Trinajstić information content (AvgIpc) is 2.32. The molecule has 4 heteroatoms. The summed E-state index contributed by atoms with van der Waals surface area (Å²) in [6.45, 7) is 2.33. The molecule has 2 aromatic carbocycles. The quantitative estimate of drug-likeness (QED) is 0.861. The highest BCUT2D eigenvalue weighted by Crippen LogP contribution is 2.19. The Balaban J connectivity index is 2.09. The summed E-state index contributed by atoms with van der Waals surface area (Å²) in [5.41, 5.74) is 2.53. The minimum atomic E-state index is -0.432. The number of rotatable bonds is 3. The Labute approximate surface area is 109 Å². The Morgan fingerprint density at radius 1 is 1.11 bits per heavy atom. The molecule has 0 heterocycles. The predicted octanol–water partition coefficient (Wildman–Crippen LogP) is 4.54. The summed E-state index contributed by atoms with van der Waals surface area (Å²) in [6.07, 6.45) is 0. The molecule has 0 aliphatic rings. The molecule has 0 radical (unpaired) electrons. The monoisotopic (exact) mass is 267 g/mol. The maximum atomic E-state index is 13.0. The zero-order valence-electron chi connectivity index (χ0n) is 9.81. The number of nitrogens with one attached hydrogen (secondary N) is 1. The molecule has 18 heavy (non-hydrogen) atoms. The second kappa shape index (κ2) is 5.36. The highest BCUT2D eigenvalue weighted by molar-refractivity contribution is 6.30. The zero-order chi connectivity index (χ0) is 13.1. The van der Waals surface area contributed by atoms with Crippen molar-refractivity contribution in [2.24, 2.45) is 0 Å². The molecule has 0 amide bonds. The number of anilines is 1. The third-order valence-corrected chi connectivity index (χ3v) is 2.95. The summed E-state index contributed by atoms with van der Waals surface area (Å²) in [5.74, 6) is -0.693. The Bertz CT molecular complexity index is 570. The van der Waals surface area contributed by atoms with E-state index < -0.39 is 5.82 Å². The first-order valence-electron chi connectivity index (χ1n) is 5.50. The molecule has 1 N–H and O–H groups in total. The molecule has 94 valence electrons. The minimum absolute atomic E-state index is 0.102. The Kier molecular flexibility index (Phi) is 3.82. The normalized spacial score (nSPS) is 10.4. The summed E-state index contributed by atoms with van der Waals surface area (Å²) in [7, 11) is 0. The van der Waals surface area contributed by atoms with Crippen molar-refractivity contribution in [3.8, 4) is 0 Å². The van der Waals surface area contributed by atoms with Crippen LogP contribution in [0.4, 0.5) is 14.5 Å². The molecule has 0 aromatic heterocycles. The average molecular weight is 268 g/mol. The van der Waals surface area contributed by atoms with Crippen molar-refractivity contribution in [1.29, 1.82) is 0 Å². The van der Waals surface area contributed by atoms with E-state index in [9.17, 15) is 8.78 Å². The van der Waals surface area contributed by atoms with E-state index in [1.165, 1.54) is 18.2 Å². The van der Waals surface area contributed by atoms with Crippen LogP contribution in [0.5, 0.6) is 0 Å². The predicted molar refractivity (Wildman–Crippen MR) is 69.9 cm³/mol. The van der Waals surface area contributed by atoms with Crippen LogP contribution in [0.25, 0.3) is 0 Å². The summed E-state index contributed by atoms with van der Waals surface area (Å²) < 4.78 is 25.9. The first kappa shape index (κ1) is 12.8. The lowest BCUT2D eigenvalue weighted by molar-refractivity contribution is 0.626. The molecule has 0 saturated heterocycles. The van der Waals surface area contributed by atoms with Gasteiger partial charge in [0, 0.05) is 12.2 Å². The topological polar surface area (TPSA) is 12.0 Å². The molecule has 0 aliphatic carbocycles. The first-order chi connectivity index (χ1) is 8.56. The largest absolute Gasteiger partial charge is 0.381 e. The molecule has 0 aliphatic heterocycles. The standard InChI is InChI=1S/C14H12ClF2N/c1-9-6-11(16)3-5-14(9)18-8-10-2-4-13(17)12(15)7-10/h2-7,18H,8H2,1H3. The summed E-state index contributed by atoms with van der Waals surface area (Å²) in [4.78, 5) is 0. The second-order valence-corrected chi connectivity index (χ2v) is 4.47. The van der Waals surface area contributed by atoms with Gasteiger partial charge in [0.1, 0.15) is 11.6 Å². The molecule has 0 fully saturated rings. The fraction of sp³-hybridized carbons (Fsp3) is 0.143. The van der Waals surface area contributed by atoms with Crippen LogP contribution in [0.15, 0.2) is 36.4 Å². The summed E-state index contributed by atoms with van der Waals surface area (Å²) in [6, 6.07) is 9.09. The SMILES string of the molecule is Cc1cc(F)ccc1NCc1ccc(F)c(Cl)c1. The van der Waals surface area contributed by atoms with Crippen LogP contribution >= 0.6 is 11.6 Å². The van der Waals surface area contributed by atoms with E-state index in [-0.39, 0.29) is 10.8 Å². The second-order valence-electron chi connectivity index (χ2n) is 4.06. The number of aryl methyl sites for hydroxylation is 1. The lowest BCUT2D eigenvalue weighted by atomic mass is 10.1. The van der Waals surface area contributed by atoms with Crippen molar-refractivity contribution in [3.05, 3.63) is 64.2 Å². The maximum Gasteiger partial charge on any atom is 0.141 e. The van der Waals surface area contributed by atoms with E-state index in [0.717, 1.165) is 16.8 Å². The van der Waals surface area contributed by atoms with Crippen molar-refractivity contribution in [1.82, 2.24) is 0 Å². The van der Waals surface area contributed by atoms with Crippen LogP contribution in [-0.2, 0) is 6.54 Å². The van der Waals surface area contributed by atoms with Crippen LogP contribution in [0.3, 0.4) is 0 Å². The van der Waals surface area contributed by atoms with Gasteiger partial charge in [-0.3, -0.25) is 0 Å². The van der Waals surface area contributed by atoms with Crippen LogP contribution in [0.2, 0.25) is 5.02 Å². The molecule has 2 rings (SSSR count). The van der Waals surface area contributed by atoms with E-state index in [2.05, 4.69) is 5.32 Å². The van der Waals surface area contributed by atoms with Crippen molar-refractivity contribution in [2.45, 2.75) is 13.5 Å². The van der Waals surface area contributed by atoms with E-state index in [1.807, 2.05) is 6.92 Å². The van der Waals surface area contributed by atoms with Gasteiger partial charge in [-0.15, -0.1) is 0 Å². The molecular formula is C14H12ClF2N. The van der Waals surface area contributed by atoms with Crippen molar-refractivity contribution >= 4 is 17.3 Å². The van der Waals surface area contributed by atoms with Gasteiger partial charge in [0.2, 0.25) is 0 Å². The number of benzene rings is 2. The molecule has 2 aromatic rings. The number of halogens is 3. The van der Waals surface area contributed by atoms with Gasteiger partial charge < -0.3 is 5.32 Å². The molecular weight excluding hydrogens is 256 g/mol. The number of hydrogen-bond donors (Lipinski definition) is 1. The van der Waals surface area contributed by atoms with Gasteiger partial charge in [0.05, 0.1) is 5.02 Å². The van der Waals surface area contributed by atoms with Crippen LogP contribution in [0, 0.1) is 18.6 Å². The maximum absolute atomic E-state index is 13.0. The zero-order valence-corrected chi connectivity index (χ0v) is 10.6. The van der Waals surface area contributed by atoms with Gasteiger partial charge in [0.25, 0.3) is 0 Å². The fourth-order valence-electron chi connectivity index (χ4n) is 1.67. The van der Waals surface area contributed by atoms with Gasteiger partial charge in [-0.25, -0.2) is 8.78 Å². The van der Waals surface area contributed by atoms with Gasteiger partial charge in [-0.05, 0) is 48.4 Å². The van der Waals surface area contributed by atoms with E-state index in [1.54, 1.807) is 18.2 Å². The molecule has 0 atom stereocenters. The smallest absolute Gasteiger partial charge is 0.141 e. The molecule has 0 spiro atoms. The molecule has 0 bridgehead atoms. The van der Waals surface area contributed by atoms with Crippen LogP contribution in [0.1, 0.15) is 11.1 Å². The van der Waals surface area contributed by atoms with Crippen LogP contribution < -0.4 is 5.32 Å². The lowest BCUT2D eigenvalue weighted by Gasteiger charge is -2.10. The van der Waals surface area contributed by atoms with Crippen molar-refractivity contribution in [2.75, 3.05) is 5.32 Å². The molecule has 0 unspecified atom stereocenters. The van der Waals surface area contributed by atoms with Gasteiger partial charge in [-0.1, -0.05) is 17.7 Å². The van der Waals surface area contributed by atoms with E-state index in [0.29, 0.717) is 6.54 Å². The fourth-order valence-corrected chi connectivity index (χ4v) is 1.88. The minimum Gasteiger partial charge on any atom is -0.381 e. The lowest BCUT2D eigenvalue weighted by Crippen LogP contribution is -2.01. The van der Waals surface area contributed by atoms with E-state index >= 15 is 0 Å². The Morgan fingerprint density at radius 3 is 2.56 bits per heavy atom. The molecule has 1 nitrogen and oxygen atoms in total. The Hall–Kier alpha value is -1.61. The third kappa shape index (κ3) is 2.99. The summed E-state index contributed by atoms with van der Waals surface area (Å²) >= 11 is 5.70.